The number of hydrogen-bond donors (Lipinski definition) is 1. The molecule has 0 saturated carbocycles. The Morgan fingerprint density at radius 3 is 2.50 bits per heavy atom. The number of rotatable bonds is 8. The fraction of sp³-hybridized carbons (Fsp3) is 0.500. The van der Waals surface area contributed by atoms with E-state index in [2.05, 4.69) is 18.9 Å². The largest absolute Gasteiger partial charge is 0.492 e. The van der Waals surface area contributed by atoms with Gasteiger partial charge in [0, 0.05) is 6.54 Å². The molecule has 0 saturated heterocycles. The summed E-state index contributed by atoms with van der Waals surface area (Å²) in [6.07, 6.45) is 1.19. The number of likely N-dealkylation sites (N-methyl/N-ethyl adjacent to an activating group) is 1. The summed E-state index contributed by atoms with van der Waals surface area (Å²) >= 11 is 0. The molecule has 100 valence electrons. The fourth-order valence-electron chi connectivity index (χ4n) is 1.69. The number of carboxylic acids is 1. The van der Waals surface area contributed by atoms with E-state index in [9.17, 15) is 4.79 Å². The summed E-state index contributed by atoms with van der Waals surface area (Å²) in [5, 5.41) is 8.65. The second-order valence-electron chi connectivity index (χ2n) is 4.37. The van der Waals surface area contributed by atoms with Crippen molar-refractivity contribution < 1.29 is 14.6 Å². The summed E-state index contributed by atoms with van der Waals surface area (Å²) in [5.74, 6) is -0.0288. The van der Waals surface area contributed by atoms with Crippen LogP contribution in [0.3, 0.4) is 0 Å². The lowest BCUT2D eigenvalue weighted by Crippen LogP contribution is -2.24. The van der Waals surface area contributed by atoms with E-state index in [1.165, 1.54) is 0 Å². The van der Waals surface area contributed by atoms with Gasteiger partial charge in [-0.25, -0.2) is 0 Å². The van der Waals surface area contributed by atoms with E-state index in [0.29, 0.717) is 6.61 Å². The number of carbonyl (C=O) groups is 1. The van der Waals surface area contributed by atoms with Gasteiger partial charge in [0.2, 0.25) is 0 Å². The van der Waals surface area contributed by atoms with Crippen LogP contribution in [0, 0.1) is 0 Å². The summed E-state index contributed by atoms with van der Waals surface area (Å²) in [5.41, 5.74) is 0.790. The van der Waals surface area contributed by atoms with Crippen molar-refractivity contribution in [2.24, 2.45) is 0 Å². The fourth-order valence-corrected chi connectivity index (χ4v) is 1.69. The van der Waals surface area contributed by atoms with Crippen molar-refractivity contribution in [1.82, 2.24) is 4.90 Å². The predicted molar refractivity (Wildman–Crippen MR) is 71.1 cm³/mol. The molecule has 4 nitrogen and oxygen atoms in total. The number of nitrogens with zero attached hydrogens (tertiary/aromatic N) is 1. The molecule has 0 aliphatic rings. The van der Waals surface area contributed by atoms with Gasteiger partial charge in [-0.15, -0.1) is 0 Å². The normalized spacial score (nSPS) is 10.6. The minimum atomic E-state index is -0.815. The molecule has 1 rings (SSSR count). The van der Waals surface area contributed by atoms with E-state index < -0.39 is 5.97 Å². The Morgan fingerprint density at radius 1 is 1.28 bits per heavy atom. The Bertz CT molecular complexity index is 362. The number of benzene rings is 1. The summed E-state index contributed by atoms with van der Waals surface area (Å²) < 4.78 is 5.59. The second kappa shape index (κ2) is 7.71. The lowest BCUT2D eigenvalue weighted by Gasteiger charge is -2.15. The van der Waals surface area contributed by atoms with Crippen LogP contribution in [-0.4, -0.2) is 42.7 Å². The maximum atomic E-state index is 10.5. The molecule has 0 fully saturated rings. The molecule has 0 bridgehead atoms. The number of ether oxygens (including phenoxy) is 1. The van der Waals surface area contributed by atoms with Gasteiger partial charge in [0.05, 0.1) is 6.42 Å². The van der Waals surface area contributed by atoms with Gasteiger partial charge in [-0.2, -0.15) is 0 Å². The number of hydrogen-bond acceptors (Lipinski definition) is 3. The van der Waals surface area contributed by atoms with Crippen LogP contribution >= 0.6 is 0 Å². The molecule has 18 heavy (non-hydrogen) atoms. The first kappa shape index (κ1) is 14.5. The van der Waals surface area contributed by atoms with Crippen LogP contribution in [0.4, 0.5) is 0 Å². The Morgan fingerprint density at radius 2 is 1.94 bits per heavy atom. The zero-order valence-electron chi connectivity index (χ0n) is 11.1. The van der Waals surface area contributed by atoms with Crippen LogP contribution in [0.2, 0.25) is 0 Å². The number of carboxylic acid groups (broad SMARTS) is 1. The van der Waals surface area contributed by atoms with Gasteiger partial charge in [-0.3, -0.25) is 4.79 Å². The van der Waals surface area contributed by atoms with Gasteiger partial charge in [0.15, 0.2) is 0 Å². The van der Waals surface area contributed by atoms with Crippen molar-refractivity contribution in [1.29, 1.82) is 0 Å². The molecule has 0 radical (unpaired) electrons. The first-order valence-electron chi connectivity index (χ1n) is 6.24. The molecule has 4 heteroatoms. The highest BCUT2D eigenvalue weighted by molar-refractivity contribution is 5.70. The molecule has 1 N–H and O–H groups in total. The highest BCUT2D eigenvalue weighted by Crippen LogP contribution is 2.12. The van der Waals surface area contributed by atoms with Crippen molar-refractivity contribution in [3.05, 3.63) is 29.8 Å². The third kappa shape index (κ3) is 5.68. The van der Waals surface area contributed by atoms with Crippen molar-refractivity contribution in [2.75, 3.05) is 26.7 Å². The lowest BCUT2D eigenvalue weighted by atomic mass is 10.1. The molecule has 0 spiro atoms. The van der Waals surface area contributed by atoms with Crippen molar-refractivity contribution >= 4 is 5.97 Å². The van der Waals surface area contributed by atoms with E-state index in [4.69, 9.17) is 9.84 Å². The second-order valence-corrected chi connectivity index (χ2v) is 4.37. The van der Waals surface area contributed by atoms with Gasteiger partial charge in [-0.1, -0.05) is 19.1 Å². The van der Waals surface area contributed by atoms with Crippen LogP contribution < -0.4 is 4.74 Å². The number of aliphatic carboxylic acids is 1. The van der Waals surface area contributed by atoms with Crippen LogP contribution in [0.15, 0.2) is 24.3 Å². The Balaban J connectivity index is 2.32. The van der Waals surface area contributed by atoms with Crippen LogP contribution in [0.5, 0.6) is 5.75 Å². The average Bonchev–Trinajstić information content (AvgIpc) is 2.31. The van der Waals surface area contributed by atoms with Crippen LogP contribution in [-0.2, 0) is 11.2 Å². The van der Waals surface area contributed by atoms with Gasteiger partial charge < -0.3 is 14.7 Å². The van der Waals surface area contributed by atoms with Crippen LogP contribution in [0.1, 0.15) is 18.9 Å². The Kier molecular flexibility index (Phi) is 6.22. The predicted octanol–water partition coefficient (Wildman–Crippen LogP) is 2.03. The highest BCUT2D eigenvalue weighted by Gasteiger charge is 2.01. The molecule has 1 aromatic rings. The molecule has 1 aromatic carbocycles. The first-order valence-corrected chi connectivity index (χ1v) is 6.24. The van der Waals surface area contributed by atoms with E-state index in [1.807, 2.05) is 12.1 Å². The average molecular weight is 251 g/mol. The summed E-state index contributed by atoms with van der Waals surface area (Å²) in [7, 11) is 2.07. The topological polar surface area (TPSA) is 49.8 Å². The van der Waals surface area contributed by atoms with Gasteiger partial charge >= 0.3 is 5.97 Å². The molecule has 0 heterocycles. The van der Waals surface area contributed by atoms with Gasteiger partial charge in [-0.05, 0) is 37.7 Å². The molecule has 0 unspecified atom stereocenters. The smallest absolute Gasteiger partial charge is 0.307 e. The minimum Gasteiger partial charge on any atom is -0.492 e. The van der Waals surface area contributed by atoms with Crippen molar-refractivity contribution in [2.45, 2.75) is 19.8 Å². The first-order chi connectivity index (χ1) is 8.61. The SMILES string of the molecule is CCCN(C)CCOc1ccc(CC(=O)O)cc1. The third-order valence-electron chi connectivity index (χ3n) is 2.63. The standard InChI is InChI=1S/C14H21NO3/c1-3-8-15(2)9-10-18-13-6-4-12(5-7-13)11-14(16)17/h4-7H,3,8-11H2,1-2H3,(H,16,17). The summed E-state index contributed by atoms with van der Waals surface area (Å²) in [6.45, 7) is 4.76. The quantitative estimate of drug-likeness (QED) is 0.768. The molecule has 0 atom stereocenters. The Labute approximate surface area is 108 Å². The van der Waals surface area contributed by atoms with E-state index >= 15 is 0 Å². The molecule has 0 aliphatic carbocycles. The lowest BCUT2D eigenvalue weighted by molar-refractivity contribution is -0.136. The third-order valence-corrected chi connectivity index (χ3v) is 2.63. The van der Waals surface area contributed by atoms with Crippen molar-refractivity contribution in [3.63, 3.8) is 0 Å². The maximum absolute atomic E-state index is 10.5. The molecular weight excluding hydrogens is 230 g/mol. The van der Waals surface area contributed by atoms with Gasteiger partial charge in [0.1, 0.15) is 12.4 Å². The van der Waals surface area contributed by atoms with E-state index in [-0.39, 0.29) is 6.42 Å². The van der Waals surface area contributed by atoms with Gasteiger partial charge in [0.25, 0.3) is 0 Å². The molecule has 0 amide bonds. The summed E-state index contributed by atoms with van der Waals surface area (Å²) in [4.78, 5) is 12.7. The maximum Gasteiger partial charge on any atom is 0.307 e. The molecule has 0 aromatic heterocycles. The summed E-state index contributed by atoms with van der Waals surface area (Å²) in [6, 6.07) is 7.22. The van der Waals surface area contributed by atoms with E-state index in [0.717, 1.165) is 30.8 Å². The highest BCUT2D eigenvalue weighted by atomic mass is 16.5. The zero-order valence-corrected chi connectivity index (χ0v) is 11.1. The molecule has 0 aliphatic heterocycles. The molecular formula is C14H21NO3. The van der Waals surface area contributed by atoms with Crippen LogP contribution in [0.25, 0.3) is 0 Å². The monoisotopic (exact) mass is 251 g/mol. The minimum absolute atomic E-state index is 0.0551. The van der Waals surface area contributed by atoms with Crippen molar-refractivity contribution in [3.8, 4) is 5.75 Å². The Hall–Kier alpha value is -1.55. The van der Waals surface area contributed by atoms with E-state index in [1.54, 1.807) is 12.1 Å². The zero-order chi connectivity index (χ0) is 13.4.